The van der Waals surface area contributed by atoms with Gasteiger partial charge in [0.25, 0.3) is 0 Å². The maximum Gasteiger partial charge on any atom is 0.309 e. The second kappa shape index (κ2) is 2.79. The fraction of sp³-hybridized carbons (Fsp3) is 0.833. The number of nitrogens with zero attached hydrogens (tertiary/aromatic N) is 1. The predicted octanol–water partition coefficient (Wildman–Crippen LogP) is 1.11. The molecule has 4 heteroatoms. The molecule has 0 aromatic carbocycles. The number of carbonyl (C=O) groups is 2. The van der Waals surface area contributed by atoms with Gasteiger partial charge in [0.1, 0.15) is 0 Å². The fourth-order valence-electron chi connectivity index (χ4n) is 4.01. The molecule has 4 nitrogen and oxygen atoms in total. The van der Waals surface area contributed by atoms with Crippen molar-refractivity contribution in [2.45, 2.75) is 32.6 Å². The number of hydrogen-bond acceptors (Lipinski definition) is 2. The molecule has 4 fully saturated rings. The largest absolute Gasteiger partial charge is 0.481 e. The van der Waals surface area contributed by atoms with Gasteiger partial charge in [0.15, 0.2) is 0 Å². The third-order valence-corrected chi connectivity index (χ3v) is 4.72. The second-order valence-corrected chi connectivity index (χ2v) is 6.11. The molecule has 0 unspecified atom stereocenters. The lowest BCUT2D eigenvalue weighted by Gasteiger charge is -2.69. The summed E-state index contributed by atoms with van der Waals surface area (Å²) in [5.41, 5.74) is -0.00402. The molecule has 1 amide bonds. The first-order valence-electron chi connectivity index (χ1n) is 5.94. The standard InChI is InChI=1S/C12H17NO3/c1-8(14)13-3-9(4-13)2-11-5-12(6-11,7-11)10(15)16/h9H,2-7H2,1H3,(H,15,16). The van der Waals surface area contributed by atoms with Crippen LogP contribution in [-0.4, -0.2) is 35.0 Å². The van der Waals surface area contributed by atoms with Gasteiger partial charge >= 0.3 is 5.97 Å². The van der Waals surface area contributed by atoms with Crippen LogP contribution < -0.4 is 0 Å². The van der Waals surface area contributed by atoms with Gasteiger partial charge in [-0.15, -0.1) is 0 Å². The molecule has 1 heterocycles. The average molecular weight is 223 g/mol. The smallest absolute Gasteiger partial charge is 0.309 e. The van der Waals surface area contributed by atoms with Gasteiger partial charge in [-0.2, -0.15) is 0 Å². The number of amides is 1. The number of hydrogen-bond donors (Lipinski definition) is 1. The molecule has 0 radical (unpaired) electrons. The van der Waals surface area contributed by atoms with E-state index in [-0.39, 0.29) is 11.3 Å². The number of carbonyl (C=O) groups excluding carboxylic acids is 1. The summed E-state index contributed by atoms with van der Waals surface area (Å²) in [6.07, 6.45) is 3.77. The van der Waals surface area contributed by atoms with Crippen molar-refractivity contribution in [3.63, 3.8) is 0 Å². The Bertz CT molecular complexity index is 351. The highest BCUT2D eigenvalue weighted by molar-refractivity contribution is 5.79. The normalized spacial score (nSPS) is 40.7. The van der Waals surface area contributed by atoms with Gasteiger partial charge < -0.3 is 10.0 Å². The van der Waals surface area contributed by atoms with Crippen molar-refractivity contribution in [1.29, 1.82) is 0 Å². The van der Waals surface area contributed by atoms with Crippen LogP contribution in [0.25, 0.3) is 0 Å². The SMILES string of the molecule is CC(=O)N1CC(CC23CC(C(=O)O)(C2)C3)C1. The van der Waals surface area contributed by atoms with Gasteiger partial charge in [-0.1, -0.05) is 0 Å². The van der Waals surface area contributed by atoms with E-state index >= 15 is 0 Å². The van der Waals surface area contributed by atoms with Crippen molar-refractivity contribution in [1.82, 2.24) is 4.90 Å². The van der Waals surface area contributed by atoms with E-state index in [2.05, 4.69) is 0 Å². The van der Waals surface area contributed by atoms with E-state index < -0.39 is 5.97 Å². The number of likely N-dealkylation sites (tertiary alicyclic amines) is 1. The zero-order valence-electron chi connectivity index (χ0n) is 9.53. The van der Waals surface area contributed by atoms with Gasteiger partial charge in [-0.3, -0.25) is 9.59 Å². The van der Waals surface area contributed by atoms with E-state index in [1.165, 1.54) is 0 Å². The van der Waals surface area contributed by atoms with E-state index in [0.29, 0.717) is 11.3 Å². The van der Waals surface area contributed by atoms with Crippen molar-refractivity contribution >= 4 is 11.9 Å². The van der Waals surface area contributed by atoms with Gasteiger partial charge in [-0.05, 0) is 37.0 Å². The maximum atomic E-state index is 11.0. The number of aliphatic carboxylic acids is 1. The molecule has 16 heavy (non-hydrogen) atoms. The van der Waals surface area contributed by atoms with Crippen molar-refractivity contribution in [3.05, 3.63) is 0 Å². The van der Waals surface area contributed by atoms with Gasteiger partial charge in [0.2, 0.25) is 5.91 Å². The quantitative estimate of drug-likeness (QED) is 0.779. The Hall–Kier alpha value is -1.06. The molecule has 4 rings (SSSR count). The zero-order valence-corrected chi connectivity index (χ0v) is 9.53. The topological polar surface area (TPSA) is 57.6 Å². The third-order valence-electron chi connectivity index (χ3n) is 4.72. The van der Waals surface area contributed by atoms with Crippen molar-refractivity contribution in [2.24, 2.45) is 16.7 Å². The van der Waals surface area contributed by atoms with Gasteiger partial charge in [-0.25, -0.2) is 0 Å². The van der Waals surface area contributed by atoms with Crippen molar-refractivity contribution in [3.8, 4) is 0 Å². The fourth-order valence-corrected chi connectivity index (χ4v) is 4.01. The molecule has 1 aliphatic heterocycles. The summed E-state index contributed by atoms with van der Waals surface area (Å²) in [6, 6.07) is 0. The number of carboxylic acid groups (broad SMARTS) is 1. The molecule has 0 spiro atoms. The maximum absolute atomic E-state index is 11.0. The molecule has 4 aliphatic rings. The Balaban J connectivity index is 1.47. The number of carboxylic acids is 1. The molecule has 0 aromatic rings. The molecule has 3 aliphatic carbocycles. The summed E-state index contributed by atoms with van der Waals surface area (Å²) in [6.45, 7) is 3.38. The molecular weight excluding hydrogens is 206 g/mol. The van der Waals surface area contributed by atoms with E-state index in [9.17, 15) is 9.59 Å². The summed E-state index contributed by atoms with van der Waals surface area (Å²) in [7, 11) is 0. The van der Waals surface area contributed by atoms with Crippen LogP contribution >= 0.6 is 0 Å². The first kappa shape index (κ1) is 10.1. The van der Waals surface area contributed by atoms with Crippen LogP contribution in [0.5, 0.6) is 0 Å². The molecule has 1 N–H and O–H groups in total. The molecule has 0 aromatic heterocycles. The molecular formula is C12H17NO3. The van der Waals surface area contributed by atoms with Crippen LogP contribution in [0.1, 0.15) is 32.6 Å². The Morgan fingerprint density at radius 1 is 1.31 bits per heavy atom. The highest BCUT2D eigenvalue weighted by Crippen LogP contribution is 2.75. The lowest BCUT2D eigenvalue weighted by molar-refractivity contribution is -0.231. The first-order chi connectivity index (χ1) is 7.45. The van der Waals surface area contributed by atoms with Crippen LogP contribution in [0, 0.1) is 16.7 Å². The summed E-state index contributed by atoms with van der Waals surface area (Å²) in [4.78, 5) is 23.8. The monoisotopic (exact) mass is 223 g/mol. The minimum absolute atomic E-state index is 0.163. The van der Waals surface area contributed by atoms with Gasteiger partial charge in [0.05, 0.1) is 5.41 Å². The van der Waals surface area contributed by atoms with E-state index in [0.717, 1.165) is 38.8 Å². The van der Waals surface area contributed by atoms with Gasteiger partial charge in [0, 0.05) is 20.0 Å². The van der Waals surface area contributed by atoms with Crippen LogP contribution in [0.4, 0.5) is 0 Å². The summed E-state index contributed by atoms with van der Waals surface area (Å²) < 4.78 is 0. The Morgan fingerprint density at radius 3 is 2.31 bits per heavy atom. The minimum Gasteiger partial charge on any atom is -0.481 e. The first-order valence-corrected chi connectivity index (χ1v) is 5.94. The molecule has 2 bridgehead atoms. The molecule has 88 valence electrons. The van der Waals surface area contributed by atoms with Crippen molar-refractivity contribution in [2.75, 3.05) is 13.1 Å². The van der Waals surface area contributed by atoms with E-state index in [4.69, 9.17) is 5.11 Å². The summed E-state index contributed by atoms with van der Waals surface area (Å²) in [5.74, 6) is 0.181. The van der Waals surface area contributed by atoms with Crippen LogP contribution in [0.3, 0.4) is 0 Å². The van der Waals surface area contributed by atoms with E-state index in [1.807, 2.05) is 4.90 Å². The lowest BCUT2D eigenvalue weighted by Crippen LogP contribution is -2.67. The lowest BCUT2D eigenvalue weighted by atomic mass is 9.33. The van der Waals surface area contributed by atoms with Crippen LogP contribution in [-0.2, 0) is 9.59 Å². The Morgan fingerprint density at radius 2 is 1.88 bits per heavy atom. The number of rotatable bonds is 3. The zero-order chi connectivity index (χ0) is 11.6. The molecule has 0 atom stereocenters. The van der Waals surface area contributed by atoms with E-state index in [1.54, 1.807) is 6.92 Å². The second-order valence-electron chi connectivity index (χ2n) is 6.11. The van der Waals surface area contributed by atoms with Crippen LogP contribution in [0.15, 0.2) is 0 Å². The van der Waals surface area contributed by atoms with Crippen LogP contribution in [0.2, 0.25) is 0 Å². The molecule has 1 saturated heterocycles. The Kier molecular flexibility index (Phi) is 1.76. The minimum atomic E-state index is -0.603. The van der Waals surface area contributed by atoms with Crippen molar-refractivity contribution < 1.29 is 14.7 Å². The summed E-state index contributed by atoms with van der Waals surface area (Å²) >= 11 is 0. The Labute approximate surface area is 94.6 Å². The highest BCUT2D eigenvalue weighted by atomic mass is 16.4. The third kappa shape index (κ3) is 1.16. The average Bonchev–Trinajstić information content (AvgIpc) is 1.93. The molecule has 3 saturated carbocycles. The predicted molar refractivity (Wildman–Crippen MR) is 56.7 cm³/mol. The summed E-state index contributed by atoms with van der Waals surface area (Å²) in [5, 5.41) is 9.01. The highest BCUT2D eigenvalue weighted by Gasteiger charge is 2.71.